The van der Waals surface area contributed by atoms with Gasteiger partial charge in [-0.2, -0.15) is 0 Å². The summed E-state index contributed by atoms with van der Waals surface area (Å²) in [6.45, 7) is 2.00. The van der Waals surface area contributed by atoms with Crippen LogP contribution in [-0.2, 0) is 6.42 Å². The summed E-state index contributed by atoms with van der Waals surface area (Å²) in [5.41, 5.74) is 1.78. The average Bonchev–Trinajstić information content (AvgIpc) is 2.54. The van der Waals surface area contributed by atoms with Gasteiger partial charge in [0, 0.05) is 17.6 Å². The highest BCUT2D eigenvalue weighted by molar-refractivity contribution is 5.34. The molecule has 2 aromatic rings. The van der Waals surface area contributed by atoms with Gasteiger partial charge in [-0.15, -0.1) is 0 Å². The van der Waals surface area contributed by atoms with Crippen LogP contribution in [0.15, 0.2) is 48.5 Å². The van der Waals surface area contributed by atoms with Gasteiger partial charge in [0.05, 0.1) is 6.61 Å². The van der Waals surface area contributed by atoms with E-state index in [1.165, 1.54) is 12.1 Å². The molecular formula is C18H22FNO2. The average molecular weight is 303 g/mol. The van der Waals surface area contributed by atoms with Crippen LogP contribution in [0.5, 0.6) is 5.75 Å². The summed E-state index contributed by atoms with van der Waals surface area (Å²) in [6.07, 6.45) is 1.39. The maximum atomic E-state index is 12.9. The van der Waals surface area contributed by atoms with E-state index >= 15 is 0 Å². The second-order valence-electron chi connectivity index (χ2n) is 5.40. The molecule has 2 unspecified atom stereocenters. The molecule has 0 spiro atoms. The fraction of sp³-hybridized carbons (Fsp3) is 0.333. The summed E-state index contributed by atoms with van der Waals surface area (Å²) in [5, 5.41) is 22.9. The Morgan fingerprint density at radius 2 is 1.77 bits per heavy atom. The van der Waals surface area contributed by atoms with E-state index in [9.17, 15) is 14.6 Å². The molecule has 2 rings (SSSR count). The van der Waals surface area contributed by atoms with E-state index < -0.39 is 0 Å². The Kier molecular flexibility index (Phi) is 5.92. The van der Waals surface area contributed by atoms with Crippen LogP contribution in [0.4, 0.5) is 4.39 Å². The molecule has 2 atom stereocenters. The Bertz CT molecular complexity index is 586. The first-order valence-electron chi connectivity index (χ1n) is 7.53. The molecule has 0 bridgehead atoms. The van der Waals surface area contributed by atoms with E-state index in [0.29, 0.717) is 6.42 Å². The van der Waals surface area contributed by atoms with Crippen LogP contribution >= 0.6 is 0 Å². The molecule has 0 aliphatic carbocycles. The maximum absolute atomic E-state index is 12.9. The fourth-order valence-electron chi connectivity index (χ4n) is 2.58. The van der Waals surface area contributed by atoms with Crippen molar-refractivity contribution < 1.29 is 14.6 Å². The zero-order chi connectivity index (χ0) is 15.9. The lowest BCUT2D eigenvalue weighted by atomic mass is 10.00. The Morgan fingerprint density at radius 1 is 1.09 bits per heavy atom. The van der Waals surface area contributed by atoms with Crippen LogP contribution in [0, 0.1) is 5.82 Å². The quantitative estimate of drug-likeness (QED) is 0.736. The number of phenolic OH excluding ortho intramolecular Hbond substituents is 1. The highest BCUT2D eigenvalue weighted by Crippen LogP contribution is 2.26. The number of halogens is 1. The second-order valence-corrected chi connectivity index (χ2v) is 5.40. The van der Waals surface area contributed by atoms with Gasteiger partial charge in [0.15, 0.2) is 0 Å². The van der Waals surface area contributed by atoms with Crippen molar-refractivity contribution in [1.82, 2.24) is 5.32 Å². The van der Waals surface area contributed by atoms with Crippen molar-refractivity contribution in [3.63, 3.8) is 0 Å². The number of hydrogen-bond donors (Lipinski definition) is 3. The Hall–Kier alpha value is -1.91. The van der Waals surface area contributed by atoms with Crippen molar-refractivity contribution in [3.05, 3.63) is 65.5 Å². The topological polar surface area (TPSA) is 52.5 Å². The first kappa shape index (κ1) is 16.5. The number of hydrogen-bond acceptors (Lipinski definition) is 3. The number of para-hydroxylation sites is 1. The van der Waals surface area contributed by atoms with Gasteiger partial charge in [0.1, 0.15) is 11.6 Å². The predicted molar refractivity (Wildman–Crippen MR) is 85.3 cm³/mol. The molecular weight excluding hydrogens is 281 g/mol. The predicted octanol–water partition coefficient (Wildman–Crippen LogP) is 3.18. The molecule has 0 saturated heterocycles. The van der Waals surface area contributed by atoms with E-state index in [2.05, 4.69) is 5.32 Å². The Labute approximate surface area is 130 Å². The number of aliphatic hydroxyl groups excluding tert-OH is 1. The fourth-order valence-corrected chi connectivity index (χ4v) is 2.58. The van der Waals surface area contributed by atoms with Crippen LogP contribution in [0.25, 0.3) is 0 Å². The molecule has 0 saturated carbocycles. The normalized spacial score (nSPS) is 13.8. The Morgan fingerprint density at radius 3 is 2.36 bits per heavy atom. The first-order chi connectivity index (χ1) is 10.6. The van der Waals surface area contributed by atoms with E-state index in [0.717, 1.165) is 17.5 Å². The number of rotatable bonds is 7. The standard InChI is InChI=1S/C18H22FNO2/c1-2-17(16-5-3-4-6-18(16)22)20-15(12-21)11-13-7-9-14(19)10-8-13/h3-10,15,17,20-22H,2,11-12H2,1H3. The molecule has 0 aliphatic rings. The highest BCUT2D eigenvalue weighted by Gasteiger charge is 2.18. The number of benzene rings is 2. The molecule has 4 heteroatoms. The highest BCUT2D eigenvalue weighted by atomic mass is 19.1. The second kappa shape index (κ2) is 7.92. The van der Waals surface area contributed by atoms with Crippen LogP contribution in [0.1, 0.15) is 30.5 Å². The minimum Gasteiger partial charge on any atom is -0.508 e. The van der Waals surface area contributed by atoms with Crippen molar-refractivity contribution in [2.45, 2.75) is 31.8 Å². The monoisotopic (exact) mass is 303 g/mol. The SMILES string of the molecule is CCC(NC(CO)Cc1ccc(F)cc1)c1ccccc1O. The van der Waals surface area contributed by atoms with Crippen LogP contribution < -0.4 is 5.32 Å². The third-order valence-electron chi connectivity index (χ3n) is 3.77. The molecule has 0 aliphatic heterocycles. The number of aliphatic hydroxyl groups is 1. The van der Waals surface area contributed by atoms with Crippen molar-refractivity contribution >= 4 is 0 Å². The van der Waals surface area contributed by atoms with E-state index in [1.54, 1.807) is 24.3 Å². The molecule has 3 N–H and O–H groups in total. The lowest BCUT2D eigenvalue weighted by molar-refractivity contribution is 0.228. The van der Waals surface area contributed by atoms with Gasteiger partial charge in [0.25, 0.3) is 0 Å². The minimum absolute atomic E-state index is 0.0263. The van der Waals surface area contributed by atoms with E-state index in [-0.39, 0.29) is 30.3 Å². The zero-order valence-electron chi connectivity index (χ0n) is 12.7. The summed E-state index contributed by atoms with van der Waals surface area (Å²) >= 11 is 0. The van der Waals surface area contributed by atoms with E-state index in [1.807, 2.05) is 19.1 Å². The maximum Gasteiger partial charge on any atom is 0.123 e. The van der Waals surface area contributed by atoms with Gasteiger partial charge in [-0.1, -0.05) is 37.3 Å². The molecule has 2 aromatic carbocycles. The number of nitrogens with one attached hydrogen (secondary N) is 1. The summed E-state index contributed by atoms with van der Waals surface area (Å²) in [7, 11) is 0. The lowest BCUT2D eigenvalue weighted by Crippen LogP contribution is -2.37. The molecule has 0 amide bonds. The van der Waals surface area contributed by atoms with Gasteiger partial charge in [-0.05, 0) is 36.6 Å². The first-order valence-corrected chi connectivity index (χ1v) is 7.53. The van der Waals surface area contributed by atoms with Crippen molar-refractivity contribution in [1.29, 1.82) is 0 Å². The van der Waals surface area contributed by atoms with E-state index in [4.69, 9.17) is 0 Å². The number of phenols is 1. The molecule has 0 heterocycles. The zero-order valence-corrected chi connectivity index (χ0v) is 12.7. The third kappa shape index (κ3) is 4.29. The minimum atomic E-state index is -0.266. The summed E-state index contributed by atoms with van der Waals surface area (Å²) < 4.78 is 12.9. The summed E-state index contributed by atoms with van der Waals surface area (Å²) in [6, 6.07) is 13.3. The molecule has 3 nitrogen and oxygen atoms in total. The van der Waals surface area contributed by atoms with Gasteiger partial charge >= 0.3 is 0 Å². The third-order valence-corrected chi connectivity index (χ3v) is 3.77. The van der Waals surface area contributed by atoms with Crippen molar-refractivity contribution in [3.8, 4) is 5.75 Å². The number of aromatic hydroxyl groups is 1. The molecule has 0 radical (unpaired) electrons. The van der Waals surface area contributed by atoms with Gasteiger partial charge in [0.2, 0.25) is 0 Å². The lowest BCUT2D eigenvalue weighted by Gasteiger charge is -2.25. The summed E-state index contributed by atoms with van der Waals surface area (Å²) in [4.78, 5) is 0. The molecule has 22 heavy (non-hydrogen) atoms. The molecule has 0 fully saturated rings. The summed E-state index contributed by atoms with van der Waals surface area (Å²) in [5.74, 6) is -0.0155. The van der Waals surface area contributed by atoms with Crippen LogP contribution in [0.3, 0.4) is 0 Å². The molecule has 118 valence electrons. The molecule has 0 aromatic heterocycles. The largest absolute Gasteiger partial charge is 0.508 e. The van der Waals surface area contributed by atoms with Crippen molar-refractivity contribution in [2.24, 2.45) is 0 Å². The van der Waals surface area contributed by atoms with Gasteiger partial charge < -0.3 is 15.5 Å². The van der Waals surface area contributed by atoms with Crippen molar-refractivity contribution in [2.75, 3.05) is 6.61 Å². The van der Waals surface area contributed by atoms with Gasteiger partial charge in [-0.3, -0.25) is 0 Å². The van der Waals surface area contributed by atoms with Crippen LogP contribution in [-0.4, -0.2) is 22.9 Å². The van der Waals surface area contributed by atoms with Crippen LogP contribution in [0.2, 0.25) is 0 Å². The smallest absolute Gasteiger partial charge is 0.123 e. The van der Waals surface area contributed by atoms with Gasteiger partial charge in [-0.25, -0.2) is 4.39 Å². The Balaban J connectivity index is 2.07.